The average molecular weight is 286 g/mol. The van der Waals surface area contributed by atoms with Gasteiger partial charge in [-0.3, -0.25) is 0 Å². The fourth-order valence-electron chi connectivity index (χ4n) is 3.94. The maximum atomic E-state index is 3.72. The number of anilines is 2. The minimum Gasteiger partial charge on any atom is -0.382 e. The largest absolute Gasteiger partial charge is 0.382 e. The molecule has 0 amide bonds. The van der Waals surface area contributed by atoms with Crippen molar-refractivity contribution in [1.82, 2.24) is 0 Å². The molecule has 116 valence electrons. The molecule has 1 aliphatic heterocycles. The first-order valence-electron chi connectivity index (χ1n) is 8.94. The Kier molecular flexibility index (Phi) is 5.05. The number of benzene rings is 1. The lowest BCUT2D eigenvalue weighted by Gasteiger charge is -2.30. The highest BCUT2D eigenvalue weighted by atomic mass is 15.1. The molecule has 1 aromatic carbocycles. The highest BCUT2D eigenvalue weighted by Crippen LogP contribution is 2.28. The van der Waals surface area contributed by atoms with Gasteiger partial charge in [0.05, 0.1) is 0 Å². The molecular formula is C19H30N2. The molecule has 3 rings (SSSR count). The van der Waals surface area contributed by atoms with Gasteiger partial charge in [0.15, 0.2) is 0 Å². The maximum absolute atomic E-state index is 3.72. The smallest absolute Gasteiger partial charge is 0.0367 e. The number of nitrogens with one attached hydrogen (secondary N) is 1. The highest BCUT2D eigenvalue weighted by molar-refractivity contribution is 5.55. The van der Waals surface area contributed by atoms with Crippen molar-refractivity contribution in [3.8, 4) is 0 Å². The van der Waals surface area contributed by atoms with Gasteiger partial charge in [-0.15, -0.1) is 0 Å². The second-order valence-corrected chi connectivity index (χ2v) is 6.93. The first kappa shape index (κ1) is 14.7. The number of hydrogen-bond donors (Lipinski definition) is 1. The normalized spacial score (nSPS) is 22.0. The third-order valence-electron chi connectivity index (χ3n) is 5.34. The maximum Gasteiger partial charge on any atom is 0.0367 e. The van der Waals surface area contributed by atoms with E-state index in [2.05, 4.69) is 41.4 Å². The van der Waals surface area contributed by atoms with E-state index in [4.69, 9.17) is 0 Å². The van der Waals surface area contributed by atoms with Crippen LogP contribution in [0.4, 0.5) is 11.4 Å². The van der Waals surface area contributed by atoms with Crippen LogP contribution >= 0.6 is 0 Å². The third-order valence-corrected chi connectivity index (χ3v) is 5.34. The van der Waals surface area contributed by atoms with Crippen LogP contribution in [0, 0.1) is 5.92 Å². The number of nitrogens with zero attached hydrogens (tertiary/aromatic N) is 1. The Bertz CT molecular complexity index is 414. The van der Waals surface area contributed by atoms with Crippen LogP contribution < -0.4 is 10.2 Å². The summed E-state index contributed by atoms with van der Waals surface area (Å²) in [6.45, 7) is 4.81. The summed E-state index contributed by atoms with van der Waals surface area (Å²) in [6.07, 6.45) is 11.2. The molecular weight excluding hydrogens is 256 g/mol. The minimum atomic E-state index is 0.603. The van der Waals surface area contributed by atoms with Gasteiger partial charge < -0.3 is 10.2 Å². The molecule has 0 aromatic heterocycles. The van der Waals surface area contributed by atoms with Crippen LogP contribution in [0.5, 0.6) is 0 Å². The molecule has 1 aromatic rings. The summed E-state index contributed by atoms with van der Waals surface area (Å²) in [5.41, 5.74) is 2.68. The van der Waals surface area contributed by atoms with E-state index in [9.17, 15) is 0 Å². The number of hydrogen-bond acceptors (Lipinski definition) is 2. The van der Waals surface area contributed by atoms with Gasteiger partial charge in [-0.2, -0.15) is 0 Å². The van der Waals surface area contributed by atoms with Crippen molar-refractivity contribution in [3.63, 3.8) is 0 Å². The Morgan fingerprint density at radius 3 is 2.19 bits per heavy atom. The fourth-order valence-corrected chi connectivity index (χ4v) is 3.94. The Labute approximate surface area is 129 Å². The Hall–Kier alpha value is -1.18. The van der Waals surface area contributed by atoms with E-state index in [0.717, 1.165) is 5.92 Å². The zero-order valence-electron chi connectivity index (χ0n) is 13.5. The fraction of sp³-hybridized carbons (Fsp3) is 0.684. The summed E-state index contributed by atoms with van der Waals surface area (Å²) < 4.78 is 0. The topological polar surface area (TPSA) is 15.3 Å². The van der Waals surface area contributed by atoms with Gasteiger partial charge >= 0.3 is 0 Å². The van der Waals surface area contributed by atoms with E-state index in [1.807, 2.05) is 0 Å². The predicted octanol–water partition coefficient (Wildman–Crippen LogP) is 5.06. The standard InChI is InChI=1S/C19H30N2/c1-16(17-8-4-2-5-9-17)20-18-10-12-19(13-11-18)21-14-6-3-7-15-21/h10-13,16-17,20H,2-9,14-15H2,1H3. The van der Waals surface area contributed by atoms with Gasteiger partial charge in [-0.05, 0) is 69.2 Å². The molecule has 1 saturated carbocycles. The molecule has 21 heavy (non-hydrogen) atoms. The van der Waals surface area contributed by atoms with Gasteiger partial charge in [-0.25, -0.2) is 0 Å². The van der Waals surface area contributed by atoms with Gasteiger partial charge in [0.1, 0.15) is 0 Å². The molecule has 2 nitrogen and oxygen atoms in total. The molecule has 1 heterocycles. The van der Waals surface area contributed by atoms with E-state index in [-0.39, 0.29) is 0 Å². The monoisotopic (exact) mass is 286 g/mol. The molecule has 1 aliphatic carbocycles. The van der Waals surface area contributed by atoms with E-state index in [0.29, 0.717) is 6.04 Å². The van der Waals surface area contributed by atoms with Crippen LogP contribution in [0.25, 0.3) is 0 Å². The van der Waals surface area contributed by atoms with Gasteiger partial charge in [0.25, 0.3) is 0 Å². The molecule has 0 bridgehead atoms. The van der Waals surface area contributed by atoms with Crippen LogP contribution in [-0.4, -0.2) is 19.1 Å². The average Bonchev–Trinajstić information content (AvgIpc) is 2.57. The van der Waals surface area contributed by atoms with Crippen molar-refractivity contribution in [2.24, 2.45) is 5.92 Å². The van der Waals surface area contributed by atoms with Gasteiger partial charge in [0.2, 0.25) is 0 Å². The number of rotatable bonds is 4. The first-order chi connectivity index (χ1) is 10.3. The summed E-state index contributed by atoms with van der Waals surface area (Å²) in [5, 5.41) is 3.72. The molecule has 2 fully saturated rings. The van der Waals surface area contributed by atoms with E-state index in [1.165, 1.54) is 75.8 Å². The van der Waals surface area contributed by atoms with Crippen molar-refractivity contribution >= 4 is 11.4 Å². The van der Waals surface area contributed by atoms with E-state index in [1.54, 1.807) is 0 Å². The molecule has 2 heteroatoms. The minimum absolute atomic E-state index is 0.603. The molecule has 1 N–H and O–H groups in total. The molecule has 1 atom stereocenters. The molecule has 1 unspecified atom stereocenters. The molecule has 0 radical (unpaired) electrons. The number of piperidine rings is 1. The van der Waals surface area contributed by atoms with Crippen LogP contribution in [0.1, 0.15) is 58.3 Å². The lowest BCUT2D eigenvalue weighted by atomic mass is 9.84. The van der Waals surface area contributed by atoms with Crippen molar-refractivity contribution in [3.05, 3.63) is 24.3 Å². The van der Waals surface area contributed by atoms with Crippen molar-refractivity contribution in [2.45, 2.75) is 64.3 Å². The second kappa shape index (κ2) is 7.20. The highest BCUT2D eigenvalue weighted by Gasteiger charge is 2.19. The molecule has 1 saturated heterocycles. The summed E-state index contributed by atoms with van der Waals surface area (Å²) in [5.74, 6) is 0.862. The quantitative estimate of drug-likeness (QED) is 0.832. The summed E-state index contributed by atoms with van der Waals surface area (Å²) >= 11 is 0. The predicted molar refractivity (Wildman–Crippen MR) is 92.2 cm³/mol. The Balaban J connectivity index is 1.56. The van der Waals surface area contributed by atoms with Crippen LogP contribution in [0.15, 0.2) is 24.3 Å². The first-order valence-corrected chi connectivity index (χ1v) is 8.94. The second-order valence-electron chi connectivity index (χ2n) is 6.93. The molecule has 2 aliphatic rings. The summed E-state index contributed by atoms with van der Waals surface area (Å²) in [6, 6.07) is 9.72. The Morgan fingerprint density at radius 1 is 0.905 bits per heavy atom. The van der Waals surface area contributed by atoms with E-state index >= 15 is 0 Å². The van der Waals surface area contributed by atoms with Gasteiger partial charge in [0, 0.05) is 30.5 Å². The van der Waals surface area contributed by atoms with E-state index < -0.39 is 0 Å². The van der Waals surface area contributed by atoms with Crippen molar-refractivity contribution < 1.29 is 0 Å². The van der Waals surface area contributed by atoms with Crippen LogP contribution in [0.3, 0.4) is 0 Å². The molecule has 0 spiro atoms. The zero-order valence-corrected chi connectivity index (χ0v) is 13.5. The lowest BCUT2D eigenvalue weighted by Crippen LogP contribution is -2.29. The Morgan fingerprint density at radius 2 is 1.52 bits per heavy atom. The van der Waals surface area contributed by atoms with Gasteiger partial charge in [-0.1, -0.05) is 19.3 Å². The third kappa shape index (κ3) is 3.93. The van der Waals surface area contributed by atoms with Crippen molar-refractivity contribution in [1.29, 1.82) is 0 Å². The van der Waals surface area contributed by atoms with Crippen LogP contribution in [0.2, 0.25) is 0 Å². The summed E-state index contributed by atoms with van der Waals surface area (Å²) in [4.78, 5) is 2.53. The lowest BCUT2D eigenvalue weighted by molar-refractivity contribution is 0.328. The van der Waals surface area contributed by atoms with Crippen molar-refractivity contribution in [2.75, 3.05) is 23.3 Å². The zero-order chi connectivity index (χ0) is 14.5. The summed E-state index contributed by atoms with van der Waals surface area (Å²) in [7, 11) is 0. The SMILES string of the molecule is CC(Nc1ccc(N2CCCCC2)cc1)C1CCCCC1. The van der Waals surface area contributed by atoms with Crippen LogP contribution in [-0.2, 0) is 0 Å².